The van der Waals surface area contributed by atoms with E-state index in [9.17, 15) is 18.0 Å². The topological polar surface area (TPSA) is 50.6 Å². The zero-order chi connectivity index (χ0) is 21.3. The van der Waals surface area contributed by atoms with Gasteiger partial charge >= 0.3 is 6.18 Å². The first-order valence-corrected chi connectivity index (χ1v) is 10.2. The van der Waals surface area contributed by atoms with Gasteiger partial charge in [-0.15, -0.1) is 0 Å². The first kappa shape index (κ1) is 20.6. The Hall–Kier alpha value is -2.71. The number of piperazine rings is 1. The first-order chi connectivity index (χ1) is 14.4. The minimum atomic E-state index is -4.49. The zero-order valence-electron chi connectivity index (χ0n) is 16.9. The molecule has 4 rings (SSSR count). The molecule has 1 aliphatic carbocycles. The van der Waals surface area contributed by atoms with Crippen molar-refractivity contribution in [2.75, 3.05) is 38.2 Å². The van der Waals surface area contributed by atoms with Gasteiger partial charge in [0.05, 0.1) is 12.8 Å². The van der Waals surface area contributed by atoms with Gasteiger partial charge in [-0.1, -0.05) is 12.1 Å². The van der Waals surface area contributed by atoms with Gasteiger partial charge in [-0.3, -0.25) is 9.48 Å². The van der Waals surface area contributed by atoms with Crippen molar-refractivity contribution in [3.05, 3.63) is 41.2 Å². The molecule has 1 saturated heterocycles. The fourth-order valence-corrected chi connectivity index (χ4v) is 4.35. The van der Waals surface area contributed by atoms with Crippen LogP contribution in [0.2, 0.25) is 0 Å². The number of rotatable bonds is 4. The van der Waals surface area contributed by atoms with Gasteiger partial charge in [0, 0.05) is 37.4 Å². The van der Waals surface area contributed by atoms with Crippen LogP contribution >= 0.6 is 0 Å². The van der Waals surface area contributed by atoms with E-state index in [-0.39, 0.29) is 18.0 Å². The predicted molar refractivity (Wildman–Crippen MR) is 106 cm³/mol. The molecule has 0 spiro atoms. The van der Waals surface area contributed by atoms with Crippen molar-refractivity contribution >= 4 is 11.6 Å². The highest BCUT2D eigenvalue weighted by Gasteiger charge is 2.39. The number of aromatic nitrogens is 2. The van der Waals surface area contributed by atoms with Gasteiger partial charge in [0.1, 0.15) is 12.3 Å². The van der Waals surface area contributed by atoms with E-state index in [0.717, 1.165) is 24.3 Å². The van der Waals surface area contributed by atoms with Crippen molar-refractivity contribution in [1.29, 1.82) is 0 Å². The van der Waals surface area contributed by atoms with Crippen LogP contribution in [0.5, 0.6) is 5.75 Å². The van der Waals surface area contributed by atoms with E-state index >= 15 is 0 Å². The summed E-state index contributed by atoms with van der Waals surface area (Å²) >= 11 is 0. The Morgan fingerprint density at radius 1 is 1.10 bits per heavy atom. The summed E-state index contributed by atoms with van der Waals surface area (Å²) in [4.78, 5) is 16.7. The predicted octanol–water partition coefficient (Wildman–Crippen LogP) is 3.14. The van der Waals surface area contributed by atoms with Crippen LogP contribution in [-0.4, -0.2) is 53.9 Å². The number of nitrogens with zero attached hydrogens (tertiary/aromatic N) is 4. The number of amides is 1. The number of halogens is 3. The van der Waals surface area contributed by atoms with E-state index in [1.165, 1.54) is 4.68 Å². The summed E-state index contributed by atoms with van der Waals surface area (Å²) < 4.78 is 46.8. The monoisotopic (exact) mass is 422 g/mol. The third-order valence-corrected chi connectivity index (χ3v) is 5.87. The molecule has 6 nitrogen and oxygen atoms in total. The number of carbonyl (C=O) groups is 1. The Labute approximate surface area is 173 Å². The molecule has 0 bridgehead atoms. The van der Waals surface area contributed by atoms with E-state index in [1.807, 2.05) is 24.3 Å². The Bertz CT molecular complexity index is 917. The Balaban J connectivity index is 1.44. The molecular weight excluding hydrogens is 397 g/mol. The SMILES string of the molecule is COc1ccccc1N1CCN(C(=O)Cn2nc(C(F)(F)F)c3c2CCCC3)CC1. The molecule has 1 amide bonds. The van der Waals surface area contributed by atoms with Crippen molar-refractivity contribution in [2.24, 2.45) is 0 Å². The minimum Gasteiger partial charge on any atom is -0.495 e. The second kappa shape index (κ2) is 8.20. The number of para-hydroxylation sites is 2. The minimum absolute atomic E-state index is 0.146. The van der Waals surface area contributed by atoms with Gasteiger partial charge in [-0.05, 0) is 37.8 Å². The molecule has 0 N–H and O–H groups in total. The summed E-state index contributed by atoms with van der Waals surface area (Å²) in [7, 11) is 1.62. The van der Waals surface area contributed by atoms with Crippen LogP contribution in [0.4, 0.5) is 18.9 Å². The highest BCUT2D eigenvalue weighted by Crippen LogP contribution is 2.36. The van der Waals surface area contributed by atoms with Gasteiger partial charge in [-0.2, -0.15) is 18.3 Å². The Morgan fingerprint density at radius 2 is 1.80 bits per heavy atom. The second-order valence-corrected chi connectivity index (χ2v) is 7.68. The lowest BCUT2D eigenvalue weighted by molar-refractivity contribution is -0.142. The van der Waals surface area contributed by atoms with Crippen LogP contribution in [-0.2, 0) is 30.4 Å². The van der Waals surface area contributed by atoms with Crippen molar-refractivity contribution in [2.45, 2.75) is 38.4 Å². The van der Waals surface area contributed by atoms with Crippen molar-refractivity contribution < 1.29 is 22.7 Å². The van der Waals surface area contributed by atoms with Gasteiger partial charge < -0.3 is 14.5 Å². The molecule has 2 heterocycles. The van der Waals surface area contributed by atoms with Crippen LogP contribution in [0.1, 0.15) is 29.8 Å². The maximum absolute atomic E-state index is 13.4. The fraction of sp³-hybridized carbons (Fsp3) is 0.524. The molecule has 0 unspecified atom stereocenters. The largest absolute Gasteiger partial charge is 0.495 e. The Kier molecular flexibility index (Phi) is 5.62. The molecular formula is C21H25F3N4O2. The summed E-state index contributed by atoms with van der Waals surface area (Å²) in [5, 5.41) is 3.80. The summed E-state index contributed by atoms with van der Waals surface area (Å²) in [5.74, 6) is 0.583. The standard InChI is InChI=1S/C21H25F3N4O2/c1-30-18-9-5-4-8-17(18)26-10-12-27(13-11-26)19(29)14-28-16-7-3-2-6-15(16)20(25-28)21(22,23)24/h4-5,8-9H,2-3,6-7,10-14H2,1H3. The molecule has 9 heteroatoms. The first-order valence-electron chi connectivity index (χ1n) is 10.2. The van der Waals surface area contributed by atoms with Gasteiger partial charge in [-0.25, -0.2) is 0 Å². The summed E-state index contributed by atoms with van der Waals surface area (Å²) in [6.45, 7) is 2.14. The second-order valence-electron chi connectivity index (χ2n) is 7.68. The number of benzene rings is 1. The number of anilines is 1. The smallest absolute Gasteiger partial charge is 0.435 e. The lowest BCUT2D eigenvalue weighted by Gasteiger charge is -2.36. The maximum Gasteiger partial charge on any atom is 0.435 e. The van der Waals surface area contributed by atoms with Gasteiger partial charge in [0.2, 0.25) is 5.91 Å². The van der Waals surface area contributed by atoms with E-state index in [2.05, 4.69) is 10.00 Å². The maximum atomic E-state index is 13.4. The fourth-order valence-electron chi connectivity index (χ4n) is 4.35. The number of hydrogen-bond donors (Lipinski definition) is 0. The summed E-state index contributed by atoms with van der Waals surface area (Å²) in [6, 6.07) is 7.72. The number of ether oxygens (including phenoxy) is 1. The van der Waals surface area contributed by atoms with Crippen molar-refractivity contribution in [1.82, 2.24) is 14.7 Å². The highest BCUT2D eigenvalue weighted by atomic mass is 19.4. The number of methoxy groups -OCH3 is 1. The summed E-state index contributed by atoms with van der Waals surface area (Å²) in [6.07, 6.45) is -2.04. The summed E-state index contributed by atoms with van der Waals surface area (Å²) in [5.41, 5.74) is 0.978. The van der Waals surface area contributed by atoms with E-state index in [4.69, 9.17) is 4.74 Å². The van der Waals surface area contributed by atoms with Crippen LogP contribution in [0.25, 0.3) is 0 Å². The number of alkyl halides is 3. The van der Waals surface area contributed by atoms with Crippen LogP contribution in [0.15, 0.2) is 24.3 Å². The molecule has 0 radical (unpaired) electrons. The number of carbonyl (C=O) groups excluding carboxylic acids is 1. The molecule has 0 saturated carbocycles. The van der Waals surface area contributed by atoms with Crippen molar-refractivity contribution in [3.63, 3.8) is 0 Å². The molecule has 162 valence electrons. The van der Waals surface area contributed by atoms with Crippen LogP contribution in [0, 0.1) is 0 Å². The average Bonchev–Trinajstić information content (AvgIpc) is 3.13. The molecule has 1 aromatic heterocycles. The lowest BCUT2D eigenvalue weighted by atomic mass is 9.95. The Morgan fingerprint density at radius 3 is 2.50 bits per heavy atom. The third kappa shape index (κ3) is 3.97. The van der Waals surface area contributed by atoms with Gasteiger partial charge in [0.25, 0.3) is 0 Å². The molecule has 1 fully saturated rings. The molecule has 2 aliphatic rings. The number of hydrogen-bond acceptors (Lipinski definition) is 4. The molecule has 2 aromatic rings. The molecule has 1 aromatic carbocycles. The van der Waals surface area contributed by atoms with Crippen LogP contribution < -0.4 is 9.64 Å². The van der Waals surface area contributed by atoms with Gasteiger partial charge in [0.15, 0.2) is 5.69 Å². The average molecular weight is 422 g/mol. The van der Waals surface area contributed by atoms with E-state index in [0.29, 0.717) is 44.7 Å². The quantitative estimate of drug-likeness (QED) is 0.760. The number of fused-ring (bicyclic) bond motifs is 1. The van der Waals surface area contributed by atoms with Crippen molar-refractivity contribution in [3.8, 4) is 5.75 Å². The molecule has 1 aliphatic heterocycles. The normalized spacial score (nSPS) is 17.1. The van der Waals surface area contributed by atoms with Crippen LogP contribution in [0.3, 0.4) is 0 Å². The molecule has 30 heavy (non-hydrogen) atoms. The van der Waals surface area contributed by atoms with E-state index < -0.39 is 11.9 Å². The molecule has 0 atom stereocenters. The van der Waals surface area contributed by atoms with E-state index in [1.54, 1.807) is 12.0 Å². The third-order valence-electron chi connectivity index (χ3n) is 5.87. The lowest BCUT2D eigenvalue weighted by Crippen LogP contribution is -2.49. The zero-order valence-corrected chi connectivity index (χ0v) is 16.9. The highest BCUT2D eigenvalue weighted by molar-refractivity contribution is 5.76.